The van der Waals surface area contributed by atoms with Crippen molar-refractivity contribution in [3.05, 3.63) is 71.6 Å². The fraction of sp³-hybridized carbons (Fsp3) is 0.400. The highest BCUT2D eigenvalue weighted by Gasteiger charge is 2.22. The van der Waals surface area contributed by atoms with E-state index in [1.807, 2.05) is 31.2 Å². The summed E-state index contributed by atoms with van der Waals surface area (Å²) in [6.45, 7) is 9.90. The molecule has 5 nitrogen and oxygen atoms in total. The van der Waals surface area contributed by atoms with Gasteiger partial charge in [-0.3, -0.25) is 0 Å². The minimum atomic E-state index is -0.188. The molecule has 6 heteroatoms. The fourth-order valence-corrected chi connectivity index (χ4v) is 4.46. The number of carbonyl (C=O) groups is 1. The molecule has 2 aromatic rings. The lowest BCUT2D eigenvalue weighted by Crippen LogP contribution is -2.39. The molecule has 1 atom stereocenters. The van der Waals surface area contributed by atoms with Gasteiger partial charge in [-0.15, -0.1) is 0 Å². The van der Waals surface area contributed by atoms with E-state index in [0.717, 1.165) is 68.0 Å². The fourth-order valence-electron chi connectivity index (χ4n) is 4.46. The van der Waals surface area contributed by atoms with E-state index in [9.17, 15) is 9.18 Å². The van der Waals surface area contributed by atoms with Gasteiger partial charge in [-0.05, 0) is 73.5 Å². The van der Waals surface area contributed by atoms with Gasteiger partial charge in [-0.2, -0.15) is 0 Å². The summed E-state index contributed by atoms with van der Waals surface area (Å²) < 4.78 is 13.2. The van der Waals surface area contributed by atoms with Crippen molar-refractivity contribution in [3.8, 4) is 0 Å². The average molecular weight is 423 g/mol. The molecule has 0 bridgehead atoms. The molecule has 3 N–H and O–H groups in total. The van der Waals surface area contributed by atoms with Crippen LogP contribution < -0.4 is 16.0 Å². The van der Waals surface area contributed by atoms with Crippen LogP contribution in [0.25, 0.3) is 5.70 Å². The van der Waals surface area contributed by atoms with E-state index in [0.29, 0.717) is 5.92 Å². The molecule has 31 heavy (non-hydrogen) atoms. The molecule has 2 aliphatic heterocycles. The maximum Gasteiger partial charge on any atom is 0.319 e. The number of hydrogen-bond donors (Lipinski definition) is 3. The zero-order chi connectivity index (χ0) is 21.8. The van der Waals surface area contributed by atoms with Gasteiger partial charge in [-0.1, -0.05) is 30.8 Å². The molecule has 2 aliphatic rings. The first kappa shape index (κ1) is 21.4. The van der Waals surface area contributed by atoms with Crippen LogP contribution in [0.4, 0.5) is 14.9 Å². The van der Waals surface area contributed by atoms with E-state index in [4.69, 9.17) is 0 Å². The third kappa shape index (κ3) is 5.25. The van der Waals surface area contributed by atoms with E-state index < -0.39 is 0 Å². The van der Waals surface area contributed by atoms with Crippen molar-refractivity contribution in [3.63, 3.8) is 0 Å². The van der Waals surface area contributed by atoms with Crippen molar-refractivity contribution < 1.29 is 9.18 Å². The Labute approximate surface area is 183 Å². The lowest BCUT2D eigenvalue weighted by atomic mass is 9.89. The summed E-state index contributed by atoms with van der Waals surface area (Å²) in [5, 5.41) is 9.27. The molecule has 2 saturated heterocycles. The van der Waals surface area contributed by atoms with Gasteiger partial charge in [0.05, 0.1) is 0 Å². The van der Waals surface area contributed by atoms with Crippen molar-refractivity contribution in [1.82, 2.24) is 15.5 Å². The van der Waals surface area contributed by atoms with Gasteiger partial charge in [0.2, 0.25) is 0 Å². The average Bonchev–Trinajstić information content (AvgIpc) is 3.28. The summed E-state index contributed by atoms with van der Waals surface area (Å²) >= 11 is 0. The summed E-state index contributed by atoms with van der Waals surface area (Å²) in [6, 6.07) is 13.0. The van der Waals surface area contributed by atoms with Crippen molar-refractivity contribution in [2.75, 3.05) is 31.5 Å². The highest BCUT2D eigenvalue weighted by molar-refractivity contribution is 5.91. The number of likely N-dealkylation sites (tertiary alicyclic amines) is 1. The molecule has 2 amide bonds. The standard InChI is InChI=1S/C25H31FN4O/c1-17-3-4-21(15-24(17)29-25(31)28-23-9-12-27-16-23)18(2)30-13-10-20(11-14-30)19-5-7-22(26)8-6-19/h3-8,15,20,23,27H,2,9-14,16H2,1H3,(H2,28,29,31). The van der Waals surface area contributed by atoms with Gasteiger partial charge < -0.3 is 20.9 Å². The summed E-state index contributed by atoms with van der Waals surface area (Å²) in [5.74, 6) is 0.264. The predicted molar refractivity (Wildman–Crippen MR) is 124 cm³/mol. The summed E-state index contributed by atoms with van der Waals surface area (Å²) in [5.41, 5.74) is 5.02. The Morgan fingerprint density at radius 2 is 1.87 bits per heavy atom. The first-order chi connectivity index (χ1) is 15.0. The van der Waals surface area contributed by atoms with Crippen LogP contribution >= 0.6 is 0 Å². The summed E-state index contributed by atoms with van der Waals surface area (Å²) in [6.07, 6.45) is 2.98. The number of rotatable bonds is 5. The van der Waals surface area contributed by atoms with Crippen LogP contribution in [0.15, 0.2) is 49.0 Å². The molecule has 0 aromatic heterocycles. The van der Waals surface area contributed by atoms with Gasteiger partial charge in [0.25, 0.3) is 0 Å². The Bertz CT molecular complexity index is 929. The monoisotopic (exact) mass is 422 g/mol. The Balaban J connectivity index is 1.36. The number of aryl methyl sites for hydroxylation is 1. The first-order valence-electron chi connectivity index (χ1n) is 11.1. The SMILES string of the molecule is C=C(c1ccc(C)c(NC(=O)NC2CCNC2)c1)N1CCC(c2ccc(F)cc2)CC1. The van der Waals surface area contributed by atoms with E-state index >= 15 is 0 Å². The van der Waals surface area contributed by atoms with Crippen LogP contribution in [0, 0.1) is 12.7 Å². The van der Waals surface area contributed by atoms with Crippen LogP contribution in [-0.4, -0.2) is 43.2 Å². The van der Waals surface area contributed by atoms with Crippen molar-refractivity contribution in [1.29, 1.82) is 0 Å². The number of hydrogen-bond acceptors (Lipinski definition) is 3. The van der Waals surface area contributed by atoms with Gasteiger partial charge in [0.1, 0.15) is 5.82 Å². The lowest BCUT2D eigenvalue weighted by molar-refractivity contribution is 0.249. The number of halogens is 1. The number of carbonyl (C=O) groups excluding carboxylic acids is 1. The van der Waals surface area contributed by atoms with Crippen LogP contribution in [0.1, 0.15) is 41.9 Å². The van der Waals surface area contributed by atoms with Crippen LogP contribution in [0.2, 0.25) is 0 Å². The molecule has 2 aromatic carbocycles. The molecular formula is C25H31FN4O. The zero-order valence-corrected chi connectivity index (χ0v) is 18.1. The van der Waals surface area contributed by atoms with E-state index in [-0.39, 0.29) is 17.9 Å². The molecule has 4 rings (SSSR count). The quantitative estimate of drug-likeness (QED) is 0.667. The zero-order valence-electron chi connectivity index (χ0n) is 18.1. The predicted octanol–water partition coefficient (Wildman–Crippen LogP) is 4.47. The van der Waals surface area contributed by atoms with E-state index in [2.05, 4.69) is 33.5 Å². The number of piperidine rings is 1. The second kappa shape index (κ2) is 9.52. The number of benzene rings is 2. The van der Waals surface area contributed by atoms with E-state index in [1.54, 1.807) is 12.1 Å². The molecule has 2 fully saturated rings. The van der Waals surface area contributed by atoms with Crippen molar-refractivity contribution in [2.45, 2.75) is 38.1 Å². The number of urea groups is 1. The largest absolute Gasteiger partial charge is 0.371 e. The van der Waals surface area contributed by atoms with Crippen LogP contribution in [0.5, 0.6) is 0 Å². The maximum absolute atomic E-state index is 13.2. The molecular weight excluding hydrogens is 391 g/mol. The third-order valence-electron chi connectivity index (χ3n) is 6.43. The summed E-state index contributed by atoms with van der Waals surface area (Å²) in [4.78, 5) is 14.7. The van der Waals surface area contributed by atoms with Crippen LogP contribution in [0.3, 0.4) is 0 Å². The van der Waals surface area contributed by atoms with Gasteiger partial charge in [-0.25, -0.2) is 9.18 Å². The normalized spacial score (nSPS) is 19.3. The Morgan fingerprint density at radius 1 is 1.13 bits per heavy atom. The number of nitrogens with zero attached hydrogens (tertiary/aromatic N) is 1. The maximum atomic E-state index is 13.2. The number of nitrogens with one attached hydrogen (secondary N) is 3. The van der Waals surface area contributed by atoms with Gasteiger partial charge >= 0.3 is 6.03 Å². The minimum Gasteiger partial charge on any atom is -0.371 e. The molecule has 0 spiro atoms. The highest BCUT2D eigenvalue weighted by Crippen LogP contribution is 2.32. The third-order valence-corrected chi connectivity index (χ3v) is 6.43. The van der Waals surface area contributed by atoms with Crippen LogP contribution in [-0.2, 0) is 0 Å². The summed E-state index contributed by atoms with van der Waals surface area (Å²) in [7, 11) is 0. The van der Waals surface area contributed by atoms with E-state index in [1.165, 1.54) is 5.56 Å². The number of anilines is 1. The van der Waals surface area contributed by atoms with Crippen molar-refractivity contribution in [2.24, 2.45) is 0 Å². The van der Waals surface area contributed by atoms with Gasteiger partial charge in [0, 0.05) is 37.1 Å². The highest BCUT2D eigenvalue weighted by atomic mass is 19.1. The minimum absolute atomic E-state index is 0.167. The Morgan fingerprint density at radius 3 is 2.55 bits per heavy atom. The smallest absolute Gasteiger partial charge is 0.319 e. The first-order valence-corrected chi connectivity index (χ1v) is 11.1. The molecule has 0 aliphatic carbocycles. The molecule has 1 unspecified atom stereocenters. The topological polar surface area (TPSA) is 56.4 Å². The second-order valence-electron chi connectivity index (χ2n) is 8.58. The molecule has 0 radical (unpaired) electrons. The second-order valence-corrected chi connectivity index (χ2v) is 8.58. The molecule has 164 valence electrons. The van der Waals surface area contributed by atoms with Crippen molar-refractivity contribution >= 4 is 17.4 Å². The Kier molecular flexibility index (Phi) is 6.56. The Hall–Kier alpha value is -2.86. The lowest BCUT2D eigenvalue weighted by Gasteiger charge is -2.35. The van der Waals surface area contributed by atoms with Gasteiger partial charge in [0.15, 0.2) is 0 Å². The molecule has 0 saturated carbocycles. The molecule has 2 heterocycles. The number of amides is 2.